The second-order valence-electron chi connectivity index (χ2n) is 5.53. The van der Waals surface area contributed by atoms with Gasteiger partial charge in [0.2, 0.25) is 5.91 Å². The molecule has 1 saturated heterocycles. The summed E-state index contributed by atoms with van der Waals surface area (Å²) in [6, 6.07) is -0.369. The number of hydrogen-bond donors (Lipinski definition) is 2. The van der Waals surface area contributed by atoms with Gasteiger partial charge in [0.15, 0.2) is 0 Å². The zero-order chi connectivity index (χ0) is 15.4. The van der Waals surface area contributed by atoms with Crippen LogP contribution in [-0.2, 0) is 4.79 Å². The Morgan fingerprint density at radius 1 is 1.48 bits per heavy atom. The van der Waals surface area contributed by atoms with Crippen LogP contribution in [0, 0.1) is 0 Å². The first-order chi connectivity index (χ1) is 10.0. The highest BCUT2D eigenvalue weighted by atomic mass is 16.2. The van der Waals surface area contributed by atoms with Gasteiger partial charge in [-0.2, -0.15) is 0 Å². The van der Waals surface area contributed by atoms with Gasteiger partial charge in [0.05, 0.1) is 0 Å². The minimum Gasteiger partial charge on any atom is -0.353 e. The summed E-state index contributed by atoms with van der Waals surface area (Å²) in [6.45, 7) is 8.32. The molecule has 2 N–H and O–H groups in total. The fourth-order valence-electron chi connectivity index (χ4n) is 2.41. The van der Waals surface area contributed by atoms with Crippen LogP contribution in [0.4, 0.5) is 4.79 Å². The van der Waals surface area contributed by atoms with E-state index in [-0.39, 0.29) is 23.9 Å². The van der Waals surface area contributed by atoms with E-state index in [1.807, 2.05) is 17.7 Å². The number of imidazole rings is 1. The number of amides is 3. The van der Waals surface area contributed by atoms with E-state index in [4.69, 9.17) is 0 Å². The lowest BCUT2D eigenvalue weighted by molar-refractivity contribution is -0.123. The van der Waals surface area contributed by atoms with Crippen LogP contribution in [0.2, 0.25) is 0 Å². The van der Waals surface area contributed by atoms with Crippen molar-refractivity contribution < 1.29 is 9.59 Å². The standard InChI is InChI=1S/C14H23N5O2/c1-10(2)12-15-6-9-19(12)11(3)13(20)16-4-7-18-8-5-17-14(18)21/h6,9-11H,4-5,7-8H2,1-3H3,(H,16,20)(H,17,21). The van der Waals surface area contributed by atoms with Crippen molar-refractivity contribution in [3.8, 4) is 0 Å². The van der Waals surface area contributed by atoms with Crippen molar-refractivity contribution in [2.75, 3.05) is 26.2 Å². The molecule has 0 bridgehead atoms. The SMILES string of the molecule is CC(C)c1nccn1C(C)C(=O)NCCN1CCNC1=O. The predicted molar refractivity (Wildman–Crippen MR) is 79.0 cm³/mol. The number of nitrogens with one attached hydrogen (secondary N) is 2. The Labute approximate surface area is 124 Å². The molecule has 1 aromatic heterocycles. The van der Waals surface area contributed by atoms with Crippen LogP contribution in [-0.4, -0.2) is 52.6 Å². The molecule has 21 heavy (non-hydrogen) atoms. The maximum Gasteiger partial charge on any atom is 0.317 e. The first kappa shape index (κ1) is 15.3. The molecule has 1 atom stereocenters. The van der Waals surface area contributed by atoms with Crippen molar-refractivity contribution in [2.45, 2.75) is 32.7 Å². The molecule has 0 spiro atoms. The second-order valence-corrected chi connectivity index (χ2v) is 5.53. The fraction of sp³-hybridized carbons (Fsp3) is 0.643. The molecule has 1 aliphatic rings. The van der Waals surface area contributed by atoms with Crippen LogP contribution in [0.3, 0.4) is 0 Å². The largest absolute Gasteiger partial charge is 0.353 e. The molecule has 0 saturated carbocycles. The first-order valence-corrected chi connectivity index (χ1v) is 7.34. The summed E-state index contributed by atoms with van der Waals surface area (Å²) in [5.74, 6) is 1.11. The van der Waals surface area contributed by atoms with E-state index in [9.17, 15) is 9.59 Å². The van der Waals surface area contributed by atoms with Gasteiger partial charge in [-0.05, 0) is 6.92 Å². The Bertz CT molecular complexity index is 511. The van der Waals surface area contributed by atoms with E-state index >= 15 is 0 Å². The van der Waals surface area contributed by atoms with E-state index in [0.29, 0.717) is 26.2 Å². The lowest BCUT2D eigenvalue weighted by Gasteiger charge is -2.19. The number of aromatic nitrogens is 2. The summed E-state index contributed by atoms with van der Waals surface area (Å²) < 4.78 is 1.89. The number of nitrogens with zero attached hydrogens (tertiary/aromatic N) is 3. The van der Waals surface area contributed by atoms with Crippen LogP contribution < -0.4 is 10.6 Å². The second kappa shape index (κ2) is 6.60. The molecule has 0 radical (unpaired) electrons. The van der Waals surface area contributed by atoms with E-state index in [1.54, 1.807) is 11.1 Å². The van der Waals surface area contributed by atoms with Gasteiger partial charge in [-0.1, -0.05) is 13.8 Å². The Morgan fingerprint density at radius 2 is 2.24 bits per heavy atom. The number of carbonyl (C=O) groups excluding carboxylic acids is 2. The Kier molecular flexibility index (Phi) is 4.82. The average Bonchev–Trinajstić information content (AvgIpc) is 3.07. The molecular weight excluding hydrogens is 270 g/mol. The normalized spacial score (nSPS) is 16.2. The van der Waals surface area contributed by atoms with E-state index in [2.05, 4.69) is 29.5 Å². The Morgan fingerprint density at radius 3 is 2.86 bits per heavy atom. The monoisotopic (exact) mass is 293 g/mol. The molecule has 3 amide bonds. The maximum absolute atomic E-state index is 12.2. The zero-order valence-electron chi connectivity index (χ0n) is 12.8. The Hall–Kier alpha value is -2.05. The van der Waals surface area contributed by atoms with Crippen molar-refractivity contribution >= 4 is 11.9 Å². The van der Waals surface area contributed by atoms with Crippen LogP contribution in [0.5, 0.6) is 0 Å². The summed E-state index contributed by atoms with van der Waals surface area (Å²) in [5, 5.41) is 5.61. The molecular formula is C14H23N5O2. The third-order valence-corrected chi connectivity index (χ3v) is 3.64. The van der Waals surface area contributed by atoms with Gasteiger partial charge in [0, 0.05) is 44.5 Å². The topological polar surface area (TPSA) is 79.3 Å². The van der Waals surface area contributed by atoms with Crippen molar-refractivity contribution in [2.24, 2.45) is 0 Å². The lowest BCUT2D eigenvalue weighted by Crippen LogP contribution is -2.39. The predicted octanol–water partition coefficient (Wildman–Crippen LogP) is 0.709. The molecule has 1 fully saturated rings. The van der Waals surface area contributed by atoms with E-state index < -0.39 is 0 Å². The minimum absolute atomic E-state index is 0.0606. The van der Waals surface area contributed by atoms with Gasteiger partial charge >= 0.3 is 6.03 Å². The highest BCUT2D eigenvalue weighted by molar-refractivity contribution is 5.80. The van der Waals surface area contributed by atoms with Gasteiger partial charge in [-0.3, -0.25) is 4.79 Å². The first-order valence-electron chi connectivity index (χ1n) is 7.34. The Balaban J connectivity index is 1.85. The molecule has 0 aliphatic carbocycles. The maximum atomic E-state index is 12.2. The van der Waals surface area contributed by atoms with Crippen LogP contribution in [0.15, 0.2) is 12.4 Å². The van der Waals surface area contributed by atoms with Gasteiger partial charge in [0.1, 0.15) is 11.9 Å². The number of urea groups is 1. The molecule has 2 rings (SSSR count). The highest BCUT2D eigenvalue weighted by Gasteiger charge is 2.21. The number of hydrogen-bond acceptors (Lipinski definition) is 3. The molecule has 2 heterocycles. The summed E-state index contributed by atoms with van der Waals surface area (Å²) >= 11 is 0. The van der Waals surface area contributed by atoms with Crippen molar-refractivity contribution in [3.05, 3.63) is 18.2 Å². The van der Waals surface area contributed by atoms with Crippen LogP contribution >= 0.6 is 0 Å². The molecule has 116 valence electrons. The summed E-state index contributed by atoms with van der Waals surface area (Å²) in [4.78, 5) is 29.6. The van der Waals surface area contributed by atoms with Gasteiger partial charge < -0.3 is 20.1 Å². The van der Waals surface area contributed by atoms with Crippen LogP contribution in [0.1, 0.15) is 38.6 Å². The smallest absolute Gasteiger partial charge is 0.317 e. The molecule has 1 unspecified atom stereocenters. The molecule has 1 aromatic rings. The summed E-state index contributed by atoms with van der Waals surface area (Å²) in [7, 11) is 0. The number of carbonyl (C=O) groups is 2. The third kappa shape index (κ3) is 3.53. The molecule has 0 aromatic carbocycles. The lowest BCUT2D eigenvalue weighted by atomic mass is 10.2. The molecule has 7 heteroatoms. The zero-order valence-corrected chi connectivity index (χ0v) is 12.8. The van der Waals surface area contributed by atoms with Crippen molar-refractivity contribution in [1.82, 2.24) is 25.1 Å². The van der Waals surface area contributed by atoms with E-state index in [1.165, 1.54) is 0 Å². The third-order valence-electron chi connectivity index (χ3n) is 3.64. The number of rotatable bonds is 6. The van der Waals surface area contributed by atoms with Crippen molar-refractivity contribution in [3.63, 3.8) is 0 Å². The molecule has 1 aliphatic heterocycles. The van der Waals surface area contributed by atoms with Crippen molar-refractivity contribution in [1.29, 1.82) is 0 Å². The highest BCUT2D eigenvalue weighted by Crippen LogP contribution is 2.17. The quantitative estimate of drug-likeness (QED) is 0.810. The summed E-state index contributed by atoms with van der Waals surface area (Å²) in [5.41, 5.74) is 0. The van der Waals surface area contributed by atoms with Gasteiger partial charge in [-0.25, -0.2) is 9.78 Å². The van der Waals surface area contributed by atoms with Crippen LogP contribution in [0.25, 0.3) is 0 Å². The van der Waals surface area contributed by atoms with E-state index in [0.717, 1.165) is 5.82 Å². The van der Waals surface area contributed by atoms with Gasteiger partial charge in [0.25, 0.3) is 0 Å². The average molecular weight is 293 g/mol. The molecule has 7 nitrogen and oxygen atoms in total. The van der Waals surface area contributed by atoms with Gasteiger partial charge in [-0.15, -0.1) is 0 Å². The summed E-state index contributed by atoms with van der Waals surface area (Å²) in [6.07, 6.45) is 3.54. The fourth-order valence-corrected chi connectivity index (χ4v) is 2.41. The minimum atomic E-state index is -0.308.